The lowest BCUT2D eigenvalue weighted by Crippen LogP contribution is -2.41. The van der Waals surface area contributed by atoms with Gasteiger partial charge in [0.15, 0.2) is 0 Å². The van der Waals surface area contributed by atoms with Crippen LogP contribution in [-0.2, 0) is 27.0 Å². The van der Waals surface area contributed by atoms with Gasteiger partial charge in [-0.3, -0.25) is 10.0 Å². The molecule has 0 saturated carbocycles. The summed E-state index contributed by atoms with van der Waals surface area (Å²) in [7, 11) is -3.67. The number of nitrogens with one attached hydrogen (secondary N) is 1. The van der Waals surface area contributed by atoms with Crippen molar-refractivity contribution in [3.05, 3.63) is 71.8 Å². The lowest BCUT2D eigenvalue weighted by atomic mass is 10.1. The molecule has 0 aromatic heterocycles. The van der Waals surface area contributed by atoms with Crippen molar-refractivity contribution in [1.29, 1.82) is 0 Å². The average molecular weight is 362 g/mol. The molecule has 2 rings (SSSR count). The second-order valence-corrected chi connectivity index (χ2v) is 7.67. The van der Waals surface area contributed by atoms with Gasteiger partial charge in [0.25, 0.3) is 5.91 Å². The van der Waals surface area contributed by atoms with Crippen LogP contribution in [0.15, 0.2) is 60.7 Å². The van der Waals surface area contributed by atoms with E-state index in [9.17, 15) is 13.2 Å². The molecule has 0 heterocycles. The Labute approximate surface area is 148 Å². The third-order valence-electron chi connectivity index (χ3n) is 3.75. The molecule has 0 atom stereocenters. The van der Waals surface area contributed by atoms with Crippen molar-refractivity contribution in [2.75, 3.05) is 13.1 Å². The first kappa shape index (κ1) is 19.1. The Bertz CT molecular complexity index is 764. The van der Waals surface area contributed by atoms with Crippen LogP contribution in [0.25, 0.3) is 0 Å². The zero-order valence-electron chi connectivity index (χ0n) is 13.8. The molecule has 0 radical (unpaired) electrons. The summed E-state index contributed by atoms with van der Waals surface area (Å²) in [6.45, 7) is -0.196. The fourth-order valence-corrected chi connectivity index (χ4v) is 4.01. The molecule has 6 nitrogen and oxygen atoms in total. The standard InChI is InChI=1S/C18H22N2O4S/c21-18(19-22)14-20(13-7-12-16-8-3-1-4-9-16)25(23,24)15-17-10-5-2-6-11-17/h1-6,8-11,22H,7,12-15H2,(H,19,21). The quantitative estimate of drug-likeness (QED) is 0.527. The van der Waals surface area contributed by atoms with Crippen LogP contribution in [0.3, 0.4) is 0 Å². The topological polar surface area (TPSA) is 86.7 Å². The van der Waals surface area contributed by atoms with Gasteiger partial charge in [0.2, 0.25) is 10.0 Å². The number of sulfonamides is 1. The van der Waals surface area contributed by atoms with Crippen LogP contribution in [0, 0.1) is 0 Å². The highest BCUT2D eigenvalue weighted by Crippen LogP contribution is 2.12. The Balaban J connectivity index is 2.04. The number of benzene rings is 2. The molecular formula is C18H22N2O4S. The third kappa shape index (κ3) is 6.30. The van der Waals surface area contributed by atoms with Crippen molar-refractivity contribution in [1.82, 2.24) is 9.79 Å². The smallest absolute Gasteiger partial charge is 0.258 e. The molecule has 25 heavy (non-hydrogen) atoms. The van der Waals surface area contributed by atoms with E-state index in [-0.39, 0.29) is 12.3 Å². The zero-order valence-corrected chi connectivity index (χ0v) is 14.7. The summed E-state index contributed by atoms with van der Waals surface area (Å²) < 4.78 is 26.4. The largest absolute Gasteiger partial charge is 0.289 e. The van der Waals surface area contributed by atoms with Gasteiger partial charge in [-0.2, -0.15) is 4.31 Å². The highest BCUT2D eigenvalue weighted by molar-refractivity contribution is 7.88. The number of nitrogens with zero attached hydrogens (tertiary/aromatic N) is 1. The minimum Gasteiger partial charge on any atom is -0.289 e. The van der Waals surface area contributed by atoms with Crippen LogP contribution >= 0.6 is 0 Å². The predicted octanol–water partition coefficient (Wildman–Crippen LogP) is 1.96. The molecule has 2 N–H and O–H groups in total. The second kappa shape index (κ2) is 9.31. The lowest BCUT2D eigenvalue weighted by Gasteiger charge is -2.21. The van der Waals surface area contributed by atoms with Gasteiger partial charge in [0.1, 0.15) is 0 Å². The fraction of sp³-hybridized carbons (Fsp3) is 0.278. The summed E-state index contributed by atoms with van der Waals surface area (Å²) in [4.78, 5) is 11.5. The van der Waals surface area contributed by atoms with E-state index in [0.29, 0.717) is 18.4 Å². The van der Waals surface area contributed by atoms with E-state index in [2.05, 4.69) is 0 Å². The molecule has 0 aliphatic rings. The third-order valence-corrected chi connectivity index (χ3v) is 5.54. The second-order valence-electron chi connectivity index (χ2n) is 5.70. The summed E-state index contributed by atoms with van der Waals surface area (Å²) in [6, 6.07) is 18.5. The first-order chi connectivity index (χ1) is 12.0. The van der Waals surface area contributed by atoms with Crippen LogP contribution in [-0.4, -0.2) is 36.9 Å². The summed E-state index contributed by atoms with van der Waals surface area (Å²) in [6.07, 6.45) is 1.29. The maximum absolute atomic E-state index is 12.7. The Morgan fingerprint density at radius 2 is 1.52 bits per heavy atom. The molecule has 0 unspecified atom stereocenters. The van der Waals surface area contributed by atoms with E-state index >= 15 is 0 Å². The summed E-state index contributed by atoms with van der Waals surface area (Å²) in [5, 5.41) is 8.72. The molecular weight excluding hydrogens is 340 g/mol. The van der Waals surface area contributed by atoms with E-state index in [1.165, 1.54) is 5.48 Å². The summed E-state index contributed by atoms with van der Waals surface area (Å²) >= 11 is 0. The molecule has 134 valence electrons. The zero-order chi connectivity index (χ0) is 18.1. The predicted molar refractivity (Wildman–Crippen MR) is 95.3 cm³/mol. The molecule has 0 fully saturated rings. The average Bonchev–Trinajstić information content (AvgIpc) is 2.62. The Morgan fingerprint density at radius 3 is 2.08 bits per heavy atom. The summed E-state index contributed by atoms with van der Waals surface area (Å²) in [5.41, 5.74) is 3.25. The van der Waals surface area contributed by atoms with Gasteiger partial charge in [-0.25, -0.2) is 13.9 Å². The van der Waals surface area contributed by atoms with E-state index in [1.807, 2.05) is 36.4 Å². The minimum absolute atomic E-state index is 0.183. The molecule has 0 spiro atoms. The Hall–Kier alpha value is -2.22. The Kier molecular flexibility index (Phi) is 7.12. The number of amides is 1. The number of hydroxylamine groups is 1. The number of rotatable bonds is 9. The monoisotopic (exact) mass is 362 g/mol. The van der Waals surface area contributed by atoms with Gasteiger partial charge in [-0.1, -0.05) is 60.7 Å². The fourth-order valence-electron chi connectivity index (χ4n) is 2.49. The van der Waals surface area contributed by atoms with E-state index < -0.39 is 22.5 Å². The van der Waals surface area contributed by atoms with Crippen LogP contribution < -0.4 is 5.48 Å². The number of carbonyl (C=O) groups excluding carboxylic acids is 1. The molecule has 7 heteroatoms. The molecule has 2 aromatic rings. The van der Waals surface area contributed by atoms with Gasteiger partial charge in [-0.15, -0.1) is 0 Å². The van der Waals surface area contributed by atoms with E-state index in [4.69, 9.17) is 5.21 Å². The van der Waals surface area contributed by atoms with Gasteiger partial charge in [0.05, 0.1) is 12.3 Å². The van der Waals surface area contributed by atoms with Gasteiger partial charge >= 0.3 is 0 Å². The number of hydrogen-bond acceptors (Lipinski definition) is 4. The van der Waals surface area contributed by atoms with Crippen LogP contribution in [0.5, 0.6) is 0 Å². The van der Waals surface area contributed by atoms with Crippen LogP contribution in [0.4, 0.5) is 0 Å². The number of carbonyl (C=O) groups is 1. The van der Waals surface area contributed by atoms with Gasteiger partial charge in [-0.05, 0) is 24.0 Å². The van der Waals surface area contributed by atoms with Crippen molar-refractivity contribution < 1.29 is 18.4 Å². The van der Waals surface area contributed by atoms with Crippen LogP contribution in [0.1, 0.15) is 17.5 Å². The van der Waals surface area contributed by atoms with Crippen molar-refractivity contribution >= 4 is 15.9 Å². The first-order valence-corrected chi connectivity index (χ1v) is 9.61. The highest BCUT2D eigenvalue weighted by atomic mass is 32.2. The molecule has 0 aliphatic heterocycles. The van der Waals surface area contributed by atoms with Crippen molar-refractivity contribution in [3.63, 3.8) is 0 Å². The lowest BCUT2D eigenvalue weighted by molar-refractivity contribution is -0.129. The number of aryl methyl sites for hydroxylation is 1. The normalized spacial score (nSPS) is 11.4. The molecule has 0 saturated heterocycles. The number of hydrogen-bond donors (Lipinski definition) is 2. The van der Waals surface area contributed by atoms with Crippen molar-refractivity contribution in [3.8, 4) is 0 Å². The van der Waals surface area contributed by atoms with Crippen molar-refractivity contribution in [2.45, 2.75) is 18.6 Å². The van der Waals surface area contributed by atoms with Crippen molar-refractivity contribution in [2.24, 2.45) is 0 Å². The highest BCUT2D eigenvalue weighted by Gasteiger charge is 2.24. The van der Waals surface area contributed by atoms with Crippen LogP contribution in [0.2, 0.25) is 0 Å². The van der Waals surface area contributed by atoms with E-state index in [0.717, 1.165) is 9.87 Å². The minimum atomic E-state index is -3.67. The van der Waals surface area contributed by atoms with Gasteiger partial charge < -0.3 is 0 Å². The SMILES string of the molecule is O=C(CN(CCCc1ccccc1)S(=O)(=O)Cc1ccccc1)NO. The molecule has 1 amide bonds. The molecule has 0 aliphatic carbocycles. The maximum Gasteiger partial charge on any atom is 0.258 e. The first-order valence-electron chi connectivity index (χ1n) is 8.00. The maximum atomic E-state index is 12.7. The summed E-state index contributed by atoms with van der Waals surface area (Å²) in [5.74, 6) is -0.936. The molecule has 2 aromatic carbocycles. The van der Waals surface area contributed by atoms with Gasteiger partial charge in [0, 0.05) is 6.54 Å². The Morgan fingerprint density at radius 1 is 0.960 bits per heavy atom. The molecule has 0 bridgehead atoms. The van der Waals surface area contributed by atoms with E-state index in [1.54, 1.807) is 24.3 Å².